The smallest absolute Gasteiger partial charge is 0.160 e. The quantitative estimate of drug-likeness (QED) is 0.194. The fourth-order valence-corrected chi connectivity index (χ4v) is 6.30. The molecule has 0 spiro atoms. The van der Waals surface area contributed by atoms with Crippen molar-refractivity contribution in [2.24, 2.45) is 0 Å². The summed E-state index contributed by atoms with van der Waals surface area (Å²) >= 11 is 0. The van der Waals surface area contributed by atoms with E-state index in [1.165, 1.54) is 21.9 Å². The predicted molar refractivity (Wildman–Crippen MR) is 190 cm³/mol. The summed E-state index contributed by atoms with van der Waals surface area (Å²) in [4.78, 5) is 14.6. The molecule has 0 radical (unpaired) electrons. The Balaban J connectivity index is 1.21. The Kier molecular flexibility index (Phi) is 7.33. The molecule has 1 aliphatic carbocycles. The van der Waals surface area contributed by atoms with Gasteiger partial charge in [0, 0.05) is 29.4 Å². The number of aromatic nitrogens is 3. The van der Waals surface area contributed by atoms with E-state index in [1.54, 1.807) is 6.20 Å². The van der Waals surface area contributed by atoms with Crippen LogP contribution in [0.2, 0.25) is 0 Å². The van der Waals surface area contributed by atoms with E-state index in [0.29, 0.717) is 11.7 Å². The van der Waals surface area contributed by atoms with Gasteiger partial charge >= 0.3 is 0 Å². The molecule has 7 aromatic rings. The average molecular weight is 590 g/mol. The molecular weight excluding hydrogens is 558 g/mol. The zero-order valence-electron chi connectivity index (χ0n) is 25.3. The molecule has 1 aliphatic rings. The van der Waals surface area contributed by atoms with Crippen molar-refractivity contribution in [2.75, 3.05) is 0 Å². The molecule has 5 aromatic carbocycles. The van der Waals surface area contributed by atoms with Crippen LogP contribution < -0.4 is 0 Å². The lowest BCUT2D eigenvalue weighted by atomic mass is 9.89. The third-order valence-corrected chi connectivity index (χ3v) is 8.75. The molecule has 0 saturated heterocycles. The third-order valence-electron chi connectivity index (χ3n) is 8.75. The van der Waals surface area contributed by atoms with Crippen molar-refractivity contribution in [3.8, 4) is 44.9 Å². The maximum Gasteiger partial charge on any atom is 0.160 e. The number of benzene rings is 5. The lowest BCUT2D eigenvalue weighted by Crippen LogP contribution is -2.02. The first kappa shape index (κ1) is 27.6. The summed E-state index contributed by atoms with van der Waals surface area (Å²) in [5.41, 5.74) is 10.9. The molecule has 3 nitrogen and oxygen atoms in total. The van der Waals surface area contributed by atoms with Gasteiger partial charge < -0.3 is 0 Å². The highest BCUT2D eigenvalue weighted by Gasteiger charge is 2.16. The van der Waals surface area contributed by atoms with Gasteiger partial charge in [0.05, 0.1) is 11.4 Å². The second-order valence-electron chi connectivity index (χ2n) is 11.7. The van der Waals surface area contributed by atoms with E-state index in [1.807, 2.05) is 12.3 Å². The zero-order chi connectivity index (χ0) is 30.7. The van der Waals surface area contributed by atoms with E-state index in [2.05, 4.69) is 157 Å². The second-order valence-corrected chi connectivity index (χ2v) is 11.7. The van der Waals surface area contributed by atoms with Crippen molar-refractivity contribution < 1.29 is 0 Å². The third kappa shape index (κ3) is 5.55. The standard InChI is InChI=1S/C43H31N3/c1-2-9-30(10-3-1)31-18-22-34(23-19-31)41-28-42(35-24-20-32(21-25-35)38-15-8-26-44-29-38)46-43(45-41)37-14-6-13-36(27-37)40-17-7-12-33-11-4-5-16-39(33)40/h1-18,20-29,31H,19H2. The summed E-state index contributed by atoms with van der Waals surface area (Å²) in [7, 11) is 0. The fraction of sp³-hybridized carbons (Fsp3) is 0.0465. The predicted octanol–water partition coefficient (Wildman–Crippen LogP) is 10.8. The minimum absolute atomic E-state index is 0.364. The first-order chi connectivity index (χ1) is 22.8. The number of allylic oxidation sites excluding steroid dienone is 4. The lowest BCUT2D eigenvalue weighted by Gasteiger charge is -2.17. The Bertz CT molecular complexity index is 2210. The molecule has 2 aromatic heterocycles. The van der Waals surface area contributed by atoms with Crippen molar-refractivity contribution in [1.29, 1.82) is 0 Å². The minimum Gasteiger partial charge on any atom is -0.264 e. The SMILES string of the molecule is C1=CC(c2ccccc2)CC=C1c1cc(-c2ccc(-c3cccnc3)cc2)nc(-c2cccc(-c3cccc4ccccc34)c2)n1. The first-order valence-electron chi connectivity index (χ1n) is 15.7. The molecule has 0 amide bonds. The second kappa shape index (κ2) is 12.2. The van der Waals surface area contributed by atoms with Crippen LogP contribution >= 0.6 is 0 Å². The van der Waals surface area contributed by atoms with Crippen LogP contribution in [0.5, 0.6) is 0 Å². The van der Waals surface area contributed by atoms with Gasteiger partial charge in [-0.05, 0) is 68.8 Å². The highest BCUT2D eigenvalue weighted by atomic mass is 14.9. The summed E-state index contributed by atoms with van der Waals surface area (Å²) in [6.07, 6.45) is 11.5. The molecule has 1 unspecified atom stereocenters. The van der Waals surface area contributed by atoms with Crippen molar-refractivity contribution >= 4 is 16.3 Å². The maximum absolute atomic E-state index is 5.17. The van der Waals surface area contributed by atoms with E-state index >= 15 is 0 Å². The van der Waals surface area contributed by atoms with Gasteiger partial charge in [-0.2, -0.15) is 0 Å². The van der Waals surface area contributed by atoms with Crippen LogP contribution in [0.1, 0.15) is 23.6 Å². The molecular formula is C43H31N3. The number of rotatable bonds is 6. The molecule has 1 atom stereocenters. The van der Waals surface area contributed by atoms with Gasteiger partial charge in [-0.3, -0.25) is 4.98 Å². The normalized spacial score (nSPS) is 14.3. The average Bonchev–Trinajstić information content (AvgIpc) is 3.15. The number of nitrogens with zero attached hydrogens (tertiary/aromatic N) is 3. The molecule has 0 bridgehead atoms. The topological polar surface area (TPSA) is 38.7 Å². The van der Waals surface area contributed by atoms with Gasteiger partial charge in [0.15, 0.2) is 5.82 Å². The van der Waals surface area contributed by atoms with Gasteiger partial charge in [-0.1, -0.05) is 140 Å². The molecule has 8 rings (SSSR count). The Labute approximate surface area is 269 Å². The lowest BCUT2D eigenvalue weighted by molar-refractivity contribution is 0.855. The molecule has 218 valence electrons. The van der Waals surface area contributed by atoms with Crippen molar-refractivity contribution in [2.45, 2.75) is 12.3 Å². The summed E-state index contributed by atoms with van der Waals surface area (Å²) in [6.45, 7) is 0. The summed E-state index contributed by atoms with van der Waals surface area (Å²) in [6, 6.07) is 49.0. The van der Waals surface area contributed by atoms with E-state index in [-0.39, 0.29) is 0 Å². The van der Waals surface area contributed by atoms with Gasteiger partial charge in [0.1, 0.15) is 0 Å². The van der Waals surface area contributed by atoms with Crippen LogP contribution in [0.3, 0.4) is 0 Å². The van der Waals surface area contributed by atoms with Crippen LogP contribution in [0.25, 0.3) is 61.2 Å². The molecule has 46 heavy (non-hydrogen) atoms. The molecule has 2 heterocycles. The Morgan fingerprint density at radius 2 is 1.28 bits per heavy atom. The van der Waals surface area contributed by atoms with Crippen LogP contribution in [0, 0.1) is 0 Å². The van der Waals surface area contributed by atoms with E-state index < -0.39 is 0 Å². The highest BCUT2D eigenvalue weighted by Crippen LogP contribution is 2.35. The van der Waals surface area contributed by atoms with Crippen molar-refractivity contribution in [1.82, 2.24) is 15.0 Å². The van der Waals surface area contributed by atoms with Gasteiger partial charge in [-0.15, -0.1) is 0 Å². The fourth-order valence-electron chi connectivity index (χ4n) is 6.30. The summed E-state index contributed by atoms with van der Waals surface area (Å²) < 4.78 is 0. The zero-order valence-corrected chi connectivity index (χ0v) is 25.3. The molecule has 0 saturated carbocycles. The van der Waals surface area contributed by atoms with Crippen LogP contribution in [0.4, 0.5) is 0 Å². The number of fused-ring (bicyclic) bond motifs is 1. The first-order valence-corrected chi connectivity index (χ1v) is 15.7. The Hall–Kier alpha value is -5.93. The number of hydrogen-bond donors (Lipinski definition) is 0. The van der Waals surface area contributed by atoms with Crippen molar-refractivity contribution in [3.63, 3.8) is 0 Å². The van der Waals surface area contributed by atoms with E-state index in [4.69, 9.17) is 9.97 Å². The molecule has 0 aliphatic heterocycles. The van der Waals surface area contributed by atoms with Gasteiger partial charge in [0.25, 0.3) is 0 Å². The van der Waals surface area contributed by atoms with Gasteiger partial charge in [-0.25, -0.2) is 9.97 Å². The van der Waals surface area contributed by atoms with E-state index in [9.17, 15) is 0 Å². The molecule has 0 fully saturated rings. The van der Waals surface area contributed by atoms with E-state index in [0.717, 1.165) is 51.2 Å². The van der Waals surface area contributed by atoms with Crippen molar-refractivity contribution in [3.05, 3.63) is 181 Å². The van der Waals surface area contributed by atoms with Crippen LogP contribution in [0.15, 0.2) is 170 Å². The Morgan fingerprint density at radius 1 is 0.543 bits per heavy atom. The van der Waals surface area contributed by atoms with Crippen LogP contribution in [-0.2, 0) is 0 Å². The molecule has 3 heteroatoms. The van der Waals surface area contributed by atoms with Crippen LogP contribution in [-0.4, -0.2) is 15.0 Å². The highest BCUT2D eigenvalue weighted by molar-refractivity contribution is 5.97. The summed E-state index contributed by atoms with van der Waals surface area (Å²) in [5.74, 6) is 1.08. The molecule has 0 N–H and O–H groups in total. The number of pyridine rings is 1. The summed E-state index contributed by atoms with van der Waals surface area (Å²) in [5, 5.41) is 2.46. The Morgan fingerprint density at radius 3 is 2.11 bits per heavy atom. The number of hydrogen-bond acceptors (Lipinski definition) is 3. The van der Waals surface area contributed by atoms with Gasteiger partial charge in [0.2, 0.25) is 0 Å². The monoisotopic (exact) mass is 589 g/mol. The maximum atomic E-state index is 5.17. The minimum atomic E-state index is 0.364. The largest absolute Gasteiger partial charge is 0.264 e.